The number of likely N-dealkylation sites (N-methyl/N-ethyl adjacent to an activating group) is 1. The van der Waals surface area contributed by atoms with Crippen LogP contribution in [-0.4, -0.2) is 42.2 Å². The summed E-state index contributed by atoms with van der Waals surface area (Å²) < 4.78 is 55.1. The third-order valence-corrected chi connectivity index (χ3v) is 2.70. The average molecular weight is 295 g/mol. The van der Waals surface area contributed by atoms with Gasteiger partial charge in [-0.2, -0.15) is 8.78 Å². The molecule has 0 fully saturated rings. The van der Waals surface area contributed by atoms with Crippen LogP contribution in [0.5, 0.6) is 5.75 Å². The summed E-state index contributed by atoms with van der Waals surface area (Å²) in [7, 11) is 1.26. The minimum absolute atomic E-state index is 0.391. The zero-order valence-electron chi connectivity index (χ0n) is 10.7. The van der Waals surface area contributed by atoms with Crippen LogP contribution in [0, 0.1) is 11.6 Å². The molecule has 0 saturated heterocycles. The van der Waals surface area contributed by atoms with Gasteiger partial charge < -0.3 is 14.7 Å². The molecule has 1 aromatic carbocycles. The minimum Gasteiger partial charge on any atom is -0.435 e. The van der Waals surface area contributed by atoms with Crippen molar-refractivity contribution in [2.45, 2.75) is 19.6 Å². The van der Waals surface area contributed by atoms with E-state index in [2.05, 4.69) is 4.74 Å². The first-order valence-electron chi connectivity index (χ1n) is 5.59. The molecule has 1 aromatic rings. The fourth-order valence-electron chi connectivity index (χ4n) is 1.42. The summed E-state index contributed by atoms with van der Waals surface area (Å²) in [6.45, 7) is -2.15. The average Bonchev–Trinajstić information content (AvgIpc) is 2.34. The summed E-state index contributed by atoms with van der Waals surface area (Å²) in [4.78, 5) is 12.8. The number of hydrogen-bond donors (Lipinski definition) is 1. The summed E-state index contributed by atoms with van der Waals surface area (Å²) in [5, 5.41) is 8.90. The highest BCUT2D eigenvalue weighted by Gasteiger charge is 2.25. The second-order valence-electron chi connectivity index (χ2n) is 4.09. The van der Waals surface area contributed by atoms with Crippen molar-refractivity contribution >= 4 is 5.91 Å². The van der Waals surface area contributed by atoms with E-state index in [1.165, 1.54) is 14.0 Å². The van der Waals surface area contributed by atoms with Crippen LogP contribution in [0.15, 0.2) is 12.1 Å². The summed E-state index contributed by atoms with van der Waals surface area (Å²) in [6.07, 6.45) is 0. The smallest absolute Gasteiger partial charge is 0.387 e. The molecule has 20 heavy (non-hydrogen) atoms. The Morgan fingerprint density at radius 2 is 1.85 bits per heavy atom. The van der Waals surface area contributed by atoms with Crippen LogP contribution in [-0.2, 0) is 0 Å². The number of carbonyl (C=O) groups excluding carboxylic acids is 1. The van der Waals surface area contributed by atoms with Crippen LogP contribution in [0.3, 0.4) is 0 Å². The highest BCUT2D eigenvalue weighted by molar-refractivity contribution is 5.95. The number of nitrogens with zero attached hydrogens (tertiary/aromatic N) is 1. The quantitative estimate of drug-likeness (QED) is 0.846. The molecule has 112 valence electrons. The van der Waals surface area contributed by atoms with E-state index in [4.69, 9.17) is 5.11 Å². The standard InChI is InChI=1S/C12H13F4NO3/c1-6(5-18)17(2)11(19)10-8(13)3-7(4-9(10)14)20-12(15)16/h3-4,6,12,18H,5H2,1-2H3/t6-/m0/s1. The first kappa shape index (κ1) is 16.2. The van der Waals surface area contributed by atoms with Crippen molar-refractivity contribution in [3.8, 4) is 5.75 Å². The number of rotatable bonds is 5. The van der Waals surface area contributed by atoms with Gasteiger partial charge in [0.2, 0.25) is 0 Å². The van der Waals surface area contributed by atoms with Gasteiger partial charge in [-0.05, 0) is 6.92 Å². The molecule has 8 heteroatoms. The topological polar surface area (TPSA) is 49.8 Å². The number of hydrogen-bond acceptors (Lipinski definition) is 3. The van der Waals surface area contributed by atoms with E-state index >= 15 is 0 Å². The largest absolute Gasteiger partial charge is 0.435 e. The molecule has 0 unspecified atom stereocenters. The lowest BCUT2D eigenvalue weighted by molar-refractivity contribution is -0.0501. The van der Waals surface area contributed by atoms with E-state index < -0.39 is 48.1 Å². The van der Waals surface area contributed by atoms with E-state index in [1.54, 1.807) is 0 Å². The molecule has 0 radical (unpaired) electrons. The monoisotopic (exact) mass is 295 g/mol. The van der Waals surface area contributed by atoms with Gasteiger partial charge in [0.05, 0.1) is 12.6 Å². The number of alkyl halides is 2. The van der Waals surface area contributed by atoms with Crippen LogP contribution in [0.1, 0.15) is 17.3 Å². The van der Waals surface area contributed by atoms with Crippen molar-refractivity contribution in [3.63, 3.8) is 0 Å². The molecule has 0 aliphatic heterocycles. The maximum absolute atomic E-state index is 13.7. The number of aliphatic hydroxyl groups is 1. The lowest BCUT2D eigenvalue weighted by Crippen LogP contribution is -2.38. The molecular weight excluding hydrogens is 282 g/mol. The van der Waals surface area contributed by atoms with E-state index in [0.717, 1.165) is 4.90 Å². The van der Waals surface area contributed by atoms with Gasteiger partial charge in [-0.25, -0.2) is 8.78 Å². The molecule has 0 saturated carbocycles. The highest BCUT2D eigenvalue weighted by atomic mass is 19.3. The predicted octanol–water partition coefficient (Wildman–Crippen LogP) is 2.02. The highest BCUT2D eigenvalue weighted by Crippen LogP contribution is 2.23. The van der Waals surface area contributed by atoms with E-state index in [0.29, 0.717) is 12.1 Å². The minimum atomic E-state index is -3.23. The Morgan fingerprint density at radius 1 is 1.35 bits per heavy atom. The summed E-state index contributed by atoms with van der Waals surface area (Å²) >= 11 is 0. The Kier molecular flexibility index (Phi) is 5.32. The third kappa shape index (κ3) is 3.60. The predicted molar refractivity (Wildman–Crippen MR) is 61.6 cm³/mol. The maximum atomic E-state index is 13.7. The Morgan fingerprint density at radius 3 is 2.25 bits per heavy atom. The van der Waals surface area contributed by atoms with E-state index in [-0.39, 0.29) is 0 Å². The van der Waals surface area contributed by atoms with Gasteiger partial charge in [0.25, 0.3) is 5.91 Å². The zero-order valence-corrected chi connectivity index (χ0v) is 10.7. The van der Waals surface area contributed by atoms with Crippen molar-refractivity contribution in [2.24, 2.45) is 0 Å². The molecule has 0 bridgehead atoms. The Labute approximate surface area is 112 Å². The molecule has 0 spiro atoms. The third-order valence-electron chi connectivity index (χ3n) is 2.70. The van der Waals surface area contributed by atoms with Gasteiger partial charge in [-0.1, -0.05) is 0 Å². The van der Waals surface area contributed by atoms with Crippen LogP contribution in [0.25, 0.3) is 0 Å². The van der Waals surface area contributed by atoms with Crippen molar-refractivity contribution in [1.82, 2.24) is 4.90 Å². The van der Waals surface area contributed by atoms with Gasteiger partial charge in [0.1, 0.15) is 22.9 Å². The van der Waals surface area contributed by atoms with Crippen molar-refractivity contribution in [1.29, 1.82) is 0 Å². The molecule has 1 N–H and O–H groups in total. The molecule has 1 amide bonds. The van der Waals surface area contributed by atoms with Crippen LogP contribution >= 0.6 is 0 Å². The summed E-state index contributed by atoms with van der Waals surface area (Å²) in [6, 6.07) is 0.345. The SMILES string of the molecule is C[C@@H](CO)N(C)C(=O)c1c(F)cc(OC(F)F)cc1F. The Bertz CT molecular complexity index is 473. The molecule has 0 aliphatic rings. The lowest BCUT2D eigenvalue weighted by atomic mass is 10.1. The Hall–Kier alpha value is -1.83. The lowest BCUT2D eigenvalue weighted by Gasteiger charge is -2.23. The molecule has 1 atom stereocenters. The Balaban J connectivity index is 3.10. The van der Waals surface area contributed by atoms with E-state index in [1.807, 2.05) is 0 Å². The van der Waals surface area contributed by atoms with Crippen LogP contribution < -0.4 is 4.74 Å². The van der Waals surface area contributed by atoms with Gasteiger partial charge in [-0.3, -0.25) is 4.79 Å². The molecule has 1 rings (SSSR count). The van der Waals surface area contributed by atoms with Crippen molar-refractivity contribution in [2.75, 3.05) is 13.7 Å². The molecule has 4 nitrogen and oxygen atoms in total. The number of amides is 1. The first-order chi connectivity index (χ1) is 9.27. The van der Waals surface area contributed by atoms with Gasteiger partial charge >= 0.3 is 6.61 Å². The molecular formula is C12H13F4NO3. The van der Waals surface area contributed by atoms with Crippen molar-refractivity contribution < 1.29 is 32.2 Å². The second-order valence-corrected chi connectivity index (χ2v) is 4.09. The second kappa shape index (κ2) is 6.56. The number of ether oxygens (including phenoxy) is 1. The molecule has 0 heterocycles. The van der Waals surface area contributed by atoms with E-state index in [9.17, 15) is 22.4 Å². The number of benzene rings is 1. The van der Waals surface area contributed by atoms with Crippen LogP contribution in [0.4, 0.5) is 17.6 Å². The van der Waals surface area contributed by atoms with Crippen LogP contribution in [0.2, 0.25) is 0 Å². The van der Waals surface area contributed by atoms with Crippen molar-refractivity contribution in [3.05, 3.63) is 29.3 Å². The number of aliphatic hydroxyl groups excluding tert-OH is 1. The fourth-order valence-corrected chi connectivity index (χ4v) is 1.42. The first-order valence-corrected chi connectivity index (χ1v) is 5.59. The normalized spacial score (nSPS) is 12.4. The van der Waals surface area contributed by atoms with Gasteiger partial charge in [-0.15, -0.1) is 0 Å². The summed E-state index contributed by atoms with van der Waals surface area (Å²) in [5.41, 5.74) is -0.894. The van der Waals surface area contributed by atoms with Gasteiger partial charge in [0.15, 0.2) is 0 Å². The zero-order chi connectivity index (χ0) is 15.4. The molecule has 0 aliphatic carbocycles. The summed E-state index contributed by atoms with van der Waals surface area (Å²) in [5.74, 6) is -4.36. The number of halogens is 4. The maximum Gasteiger partial charge on any atom is 0.387 e. The number of carbonyl (C=O) groups is 1. The fraction of sp³-hybridized carbons (Fsp3) is 0.417. The van der Waals surface area contributed by atoms with Gasteiger partial charge in [0, 0.05) is 19.2 Å². The molecule has 0 aromatic heterocycles.